The molecule has 0 spiro atoms. The van der Waals surface area contributed by atoms with E-state index in [0.717, 1.165) is 0 Å². The molecular weight excluding hydrogens is 112 g/mol. The van der Waals surface area contributed by atoms with E-state index in [1.54, 1.807) is 5.41 Å². The largest absolute Gasteiger partial charge is 0.507 e. The van der Waals surface area contributed by atoms with Crippen molar-refractivity contribution in [1.29, 1.82) is 0 Å². The predicted octanol–water partition coefficient (Wildman–Crippen LogP) is 1.39. The van der Waals surface area contributed by atoms with Crippen LogP contribution in [0.25, 0.3) is 0 Å². The highest BCUT2D eigenvalue weighted by Gasteiger charge is 1.97. The number of aliphatic hydroxyl groups is 1. The molecule has 1 heterocycles. The third kappa shape index (κ3) is 0.976. The van der Waals surface area contributed by atoms with Crippen molar-refractivity contribution in [2.24, 2.45) is 0 Å². The summed E-state index contributed by atoms with van der Waals surface area (Å²) >= 11 is -1.10. The Morgan fingerprint density at radius 2 is 2.29 bits per heavy atom. The standard InChI is InChI=1S/C4H6O2S/c5-4-1-2-7(6)3-4/h1-3,5-7H. The molecule has 7 heavy (non-hydrogen) atoms. The van der Waals surface area contributed by atoms with Gasteiger partial charge in [-0.3, -0.25) is 0 Å². The number of hydrogen-bond donors (Lipinski definition) is 3. The second-order valence-corrected chi connectivity index (χ2v) is 2.57. The van der Waals surface area contributed by atoms with Crippen LogP contribution in [0.3, 0.4) is 0 Å². The zero-order valence-corrected chi connectivity index (χ0v) is 4.47. The lowest BCUT2D eigenvalue weighted by atomic mass is 10.6. The Balaban J connectivity index is 2.69. The highest BCUT2D eigenvalue weighted by atomic mass is 32.2. The zero-order chi connectivity index (χ0) is 5.28. The summed E-state index contributed by atoms with van der Waals surface area (Å²) in [6.45, 7) is 0. The van der Waals surface area contributed by atoms with E-state index in [1.807, 2.05) is 0 Å². The first kappa shape index (κ1) is 4.74. The van der Waals surface area contributed by atoms with Crippen LogP contribution in [0.5, 0.6) is 0 Å². The number of allylic oxidation sites excluding steroid dienone is 1. The van der Waals surface area contributed by atoms with Crippen molar-refractivity contribution in [3.05, 3.63) is 22.7 Å². The van der Waals surface area contributed by atoms with Crippen LogP contribution in [0.15, 0.2) is 22.7 Å². The number of aliphatic hydroxyl groups excluding tert-OH is 1. The van der Waals surface area contributed by atoms with E-state index in [9.17, 15) is 0 Å². The summed E-state index contributed by atoms with van der Waals surface area (Å²) < 4.78 is 8.64. The second kappa shape index (κ2) is 1.60. The van der Waals surface area contributed by atoms with Gasteiger partial charge >= 0.3 is 0 Å². The van der Waals surface area contributed by atoms with Crippen LogP contribution in [-0.4, -0.2) is 9.66 Å². The third-order valence-electron chi connectivity index (χ3n) is 0.663. The molecule has 0 aliphatic carbocycles. The Kier molecular flexibility index (Phi) is 1.08. The zero-order valence-electron chi connectivity index (χ0n) is 3.57. The van der Waals surface area contributed by atoms with Gasteiger partial charge in [-0.15, -0.1) is 11.2 Å². The molecule has 1 atom stereocenters. The highest BCUT2D eigenvalue weighted by molar-refractivity contribution is 8.17. The van der Waals surface area contributed by atoms with Gasteiger partial charge in [0.1, 0.15) is 5.76 Å². The molecule has 0 fully saturated rings. The van der Waals surface area contributed by atoms with E-state index in [2.05, 4.69) is 0 Å². The lowest BCUT2D eigenvalue weighted by Gasteiger charge is -1.91. The SMILES string of the molecule is OC1=C[SH](O)C=C1. The molecule has 1 aliphatic heterocycles. The monoisotopic (exact) mass is 118 g/mol. The number of rotatable bonds is 0. The first-order valence-electron chi connectivity index (χ1n) is 1.85. The summed E-state index contributed by atoms with van der Waals surface area (Å²) in [7, 11) is 0. The lowest BCUT2D eigenvalue weighted by Crippen LogP contribution is -1.61. The fraction of sp³-hybridized carbons (Fsp3) is 0. The Labute approximate surface area is 44.3 Å². The molecule has 0 saturated carbocycles. The van der Waals surface area contributed by atoms with Crippen LogP contribution in [0.1, 0.15) is 0 Å². The van der Waals surface area contributed by atoms with Gasteiger partial charge in [0.15, 0.2) is 0 Å². The highest BCUT2D eigenvalue weighted by Crippen LogP contribution is 2.29. The minimum Gasteiger partial charge on any atom is -0.507 e. The van der Waals surface area contributed by atoms with Gasteiger partial charge in [0.25, 0.3) is 0 Å². The first-order valence-corrected chi connectivity index (χ1v) is 3.28. The maximum Gasteiger partial charge on any atom is 0.122 e. The summed E-state index contributed by atoms with van der Waals surface area (Å²) in [5.41, 5.74) is 0. The number of thiol groups is 1. The molecule has 2 nitrogen and oxygen atoms in total. The second-order valence-electron chi connectivity index (χ2n) is 1.25. The molecular formula is C4H6O2S. The molecule has 0 bridgehead atoms. The molecule has 0 radical (unpaired) electrons. The first-order chi connectivity index (χ1) is 3.29. The summed E-state index contributed by atoms with van der Waals surface area (Å²) in [5.74, 6) is 0.175. The van der Waals surface area contributed by atoms with E-state index in [4.69, 9.17) is 9.66 Å². The normalized spacial score (nSPS) is 33.3. The van der Waals surface area contributed by atoms with E-state index < -0.39 is 11.2 Å². The fourth-order valence-corrected chi connectivity index (χ4v) is 1.12. The van der Waals surface area contributed by atoms with Crippen molar-refractivity contribution >= 4 is 11.2 Å². The Morgan fingerprint density at radius 1 is 1.57 bits per heavy atom. The van der Waals surface area contributed by atoms with Gasteiger partial charge in [-0.1, -0.05) is 0 Å². The molecule has 1 unspecified atom stereocenters. The van der Waals surface area contributed by atoms with Gasteiger partial charge in [0.2, 0.25) is 0 Å². The van der Waals surface area contributed by atoms with Crippen molar-refractivity contribution in [3.8, 4) is 0 Å². The maximum atomic E-state index is 8.64. The van der Waals surface area contributed by atoms with Gasteiger partial charge in [-0.05, 0) is 11.5 Å². The minimum atomic E-state index is -1.10. The fourth-order valence-electron chi connectivity index (χ4n) is 0.374. The molecule has 1 aliphatic rings. The lowest BCUT2D eigenvalue weighted by molar-refractivity contribution is 0.435. The van der Waals surface area contributed by atoms with Gasteiger partial charge < -0.3 is 9.66 Å². The maximum absolute atomic E-state index is 8.64. The van der Waals surface area contributed by atoms with E-state index in [1.165, 1.54) is 11.5 Å². The molecule has 0 amide bonds. The Morgan fingerprint density at radius 3 is 2.43 bits per heavy atom. The average molecular weight is 118 g/mol. The smallest absolute Gasteiger partial charge is 0.122 e. The predicted molar refractivity (Wildman–Crippen MR) is 31.5 cm³/mol. The molecule has 0 aromatic heterocycles. The van der Waals surface area contributed by atoms with Gasteiger partial charge in [0, 0.05) is 5.41 Å². The van der Waals surface area contributed by atoms with Gasteiger partial charge in [0.05, 0.1) is 0 Å². The number of hydrogen-bond acceptors (Lipinski definition) is 2. The summed E-state index contributed by atoms with van der Waals surface area (Å²) in [5, 5.41) is 11.5. The van der Waals surface area contributed by atoms with Crippen LogP contribution in [0.2, 0.25) is 0 Å². The summed E-state index contributed by atoms with van der Waals surface area (Å²) in [6, 6.07) is 0. The minimum absolute atomic E-state index is 0.175. The molecule has 2 N–H and O–H groups in total. The molecule has 0 saturated heterocycles. The van der Waals surface area contributed by atoms with Crippen molar-refractivity contribution in [3.63, 3.8) is 0 Å². The molecule has 0 aromatic carbocycles. The van der Waals surface area contributed by atoms with Crippen molar-refractivity contribution in [2.45, 2.75) is 0 Å². The topological polar surface area (TPSA) is 40.5 Å². The van der Waals surface area contributed by atoms with E-state index in [0.29, 0.717) is 0 Å². The van der Waals surface area contributed by atoms with Gasteiger partial charge in [-0.25, -0.2) is 0 Å². The van der Waals surface area contributed by atoms with Crippen molar-refractivity contribution in [2.75, 3.05) is 0 Å². The van der Waals surface area contributed by atoms with Crippen LogP contribution in [0, 0.1) is 0 Å². The van der Waals surface area contributed by atoms with Crippen molar-refractivity contribution < 1.29 is 9.66 Å². The summed E-state index contributed by atoms with van der Waals surface area (Å²) in [4.78, 5) is 0. The van der Waals surface area contributed by atoms with Crippen LogP contribution < -0.4 is 0 Å². The Bertz CT molecular complexity index is 128. The quantitative estimate of drug-likeness (QED) is 0.420. The third-order valence-corrected chi connectivity index (χ3v) is 1.65. The Hall–Kier alpha value is -0.410. The van der Waals surface area contributed by atoms with Crippen LogP contribution in [-0.2, 0) is 0 Å². The molecule has 3 heteroatoms. The van der Waals surface area contributed by atoms with Gasteiger partial charge in [-0.2, -0.15) is 0 Å². The average Bonchev–Trinajstić information content (AvgIpc) is 1.87. The molecule has 1 rings (SSSR count). The van der Waals surface area contributed by atoms with E-state index >= 15 is 0 Å². The van der Waals surface area contributed by atoms with E-state index in [-0.39, 0.29) is 5.76 Å². The van der Waals surface area contributed by atoms with Crippen LogP contribution >= 0.6 is 11.2 Å². The molecule has 40 valence electrons. The van der Waals surface area contributed by atoms with Crippen LogP contribution in [0.4, 0.5) is 0 Å². The summed E-state index contributed by atoms with van der Waals surface area (Å²) in [6.07, 6.45) is 1.49. The van der Waals surface area contributed by atoms with Crippen molar-refractivity contribution in [1.82, 2.24) is 0 Å². The molecule has 0 aromatic rings.